The van der Waals surface area contributed by atoms with Crippen LogP contribution in [0.2, 0.25) is 0 Å². The molecule has 6 heteroatoms. The fraction of sp³-hybridized carbons (Fsp3) is 0.368. The predicted molar refractivity (Wildman–Crippen MR) is 108 cm³/mol. The Morgan fingerprint density at radius 2 is 1.72 bits per heavy atom. The van der Waals surface area contributed by atoms with Crippen LogP contribution >= 0.6 is 27.2 Å². The van der Waals surface area contributed by atoms with Crippen molar-refractivity contribution in [3.8, 4) is 5.75 Å². The standard InChI is InChI=1S/C19H24NOP.2ClH.Ti/c1-15-9-10-17(21)19(13-15)22-18-8-4-3-7-16(18)14-20-11-5-2-6-12-20;;;/h3-4,7-10,13,21-22H,2,5-6,11-12,14H2,1H3;2*1H;/q;;;+2/p-2. The van der Waals surface area contributed by atoms with Gasteiger partial charge in [0.15, 0.2) is 0 Å². The van der Waals surface area contributed by atoms with Crippen LogP contribution in [0, 0.1) is 6.92 Å². The van der Waals surface area contributed by atoms with Gasteiger partial charge in [-0.25, -0.2) is 0 Å². The van der Waals surface area contributed by atoms with Gasteiger partial charge in [-0.1, -0.05) is 50.9 Å². The summed E-state index contributed by atoms with van der Waals surface area (Å²) in [6.07, 6.45) is 4.02. The minimum atomic E-state index is -0.556. The SMILES string of the molecule is Cc1ccc(O)c(Pc2ccccc2CN2CCCCC2)c1.[Cl][Ti][Cl]. The molecule has 0 aliphatic carbocycles. The Bertz CT molecular complexity index is 666. The molecule has 134 valence electrons. The molecule has 0 bridgehead atoms. The first kappa shape index (κ1) is 21.2. The van der Waals surface area contributed by atoms with Crippen molar-refractivity contribution in [2.24, 2.45) is 0 Å². The zero-order valence-electron chi connectivity index (χ0n) is 14.4. The Labute approximate surface area is 169 Å². The van der Waals surface area contributed by atoms with Gasteiger partial charge in [0.05, 0.1) is 0 Å². The van der Waals surface area contributed by atoms with Gasteiger partial charge >= 0.3 is 35.6 Å². The van der Waals surface area contributed by atoms with E-state index in [0.29, 0.717) is 14.3 Å². The molecule has 3 rings (SSSR count). The number of piperidine rings is 1. The Morgan fingerprint density at radius 1 is 1.04 bits per heavy atom. The predicted octanol–water partition coefficient (Wildman–Crippen LogP) is 4.69. The van der Waals surface area contributed by atoms with Gasteiger partial charge in [0.2, 0.25) is 0 Å². The van der Waals surface area contributed by atoms with Crippen molar-refractivity contribution in [3.63, 3.8) is 0 Å². The van der Waals surface area contributed by atoms with Crippen LogP contribution in [0.1, 0.15) is 30.4 Å². The Balaban J connectivity index is 0.000000701. The number of hydrogen-bond acceptors (Lipinski definition) is 2. The first-order valence-electron chi connectivity index (χ1n) is 8.47. The minimum absolute atomic E-state index is 0.414. The number of phenolic OH excluding ortho intramolecular Hbond substituents is 1. The fourth-order valence-corrected chi connectivity index (χ4v) is 4.34. The molecule has 0 spiro atoms. The van der Waals surface area contributed by atoms with Crippen molar-refractivity contribution >= 4 is 37.8 Å². The summed E-state index contributed by atoms with van der Waals surface area (Å²) in [5.41, 5.74) is 2.61. The summed E-state index contributed by atoms with van der Waals surface area (Å²) >= 11 is -0.556. The van der Waals surface area contributed by atoms with E-state index in [9.17, 15) is 5.11 Å². The zero-order chi connectivity index (χ0) is 18.1. The normalized spacial score (nSPS) is 15.0. The number of phenols is 1. The van der Waals surface area contributed by atoms with Gasteiger partial charge in [0.25, 0.3) is 0 Å². The molecule has 2 aromatic carbocycles. The van der Waals surface area contributed by atoms with E-state index >= 15 is 0 Å². The Hall–Kier alpha value is -0.0757. The topological polar surface area (TPSA) is 23.5 Å². The van der Waals surface area contributed by atoms with Crippen LogP contribution in [0.4, 0.5) is 0 Å². The number of benzene rings is 2. The molecule has 1 saturated heterocycles. The summed E-state index contributed by atoms with van der Waals surface area (Å²) in [5, 5.41) is 12.5. The zero-order valence-corrected chi connectivity index (χ0v) is 18.5. The van der Waals surface area contributed by atoms with Crippen LogP contribution in [0.25, 0.3) is 0 Å². The fourth-order valence-electron chi connectivity index (χ4n) is 3.03. The van der Waals surface area contributed by atoms with Crippen LogP contribution in [-0.4, -0.2) is 23.1 Å². The van der Waals surface area contributed by atoms with Crippen molar-refractivity contribution in [1.29, 1.82) is 0 Å². The van der Waals surface area contributed by atoms with Crippen molar-refractivity contribution < 1.29 is 22.1 Å². The van der Waals surface area contributed by atoms with Gasteiger partial charge < -0.3 is 5.11 Å². The van der Waals surface area contributed by atoms with Crippen molar-refractivity contribution in [2.45, 2.75) is 32.7 Å². The molecule has 1 N–H and O–H groups in total. The van der Waals surface area contributed by atoms with Crippen LogP contribution in [-0.2, 0) is 23.6 Å². The van der Waals surface area contributed by atoms with Crippen LogP contribution in [0.5, 0.6) is 5.75 Å². The van der Waals surface area contributed by atoms with E-state index in [1.807, 2.05) is 12.1 Å². The molecule has 1 atom stereocenters. The van der Waals surface area contributed by atoms with E-state index in [1.165, 1.54) is 48.8 Å². The Morgan fingerprint density at radius 3 is 2.44 bits per heavy atom. The molecule has 1 heterocycles. The van der Waals surface area contributed by atoms with Crippen molar-refractivity contribution in [2.75, 3.05) is 13.1 Å². The summed E-state index contributed by atoms with van der Waals surface area (Å²) in [6.45, 7) is 5.54. The first-order valence-corrected chi connectivity index (χ1v) is 13.8. The van der Waals surface area contributed by atoms with Crippen molar-refractivity contribution in [3.05, 3.63) is 53.6 Å². The average molecular weight is 432 g/mol. The van der Waals surface area contributed by atoms with Gasteiger partial charge in [-0.05, 0) is 55.9 Å². The summed E-state index contributed by atoms with van der Waals surface area (Å²) in [4.78, 5) is 2.56. The number of aromatic hydroxyl groups is 1. The third kappa shape index (κ3) is 7.21. The molecule has 25 heavy (non-hydrogen) atoms. The average Bonchev–Trinajstić information content (AvgIpc) is 2.61. The second-order valence-electron chi connectivity index (χ2n) is 6.21. The van der Waals surface area contributed by atoms with E-state index in [0.717, 1.165) is 11.8 Å². The molecule has 0 aromatic heterocycles. The second-order valence-corrected chi connectivity index (χ2v) is 10.1. The van der Waals surface area contributed by atoms with Gasteiger partial charge in [0, 0.05) is 11.8 Å². The molecular weight excluding hydrogens is 408 g/mol. The Kier molecular flexibility index (Phi) is 9.85. The molecule has 1 unspecified atom stereocenters. The summed E-state index contributed by atoms with van der Waals surface area (Å²) < 4.78 is 0. The number of rotatable bonds is 4. The molecule has 0 radical (unpaired) electrons. The summed E-state index contributed by atoms with van der Waals surface area (Å²) in [5.74, 6) is 0.414. The molecule has 1 aliphatic heterocycles. The number of aryl methyl sites for hydroxylation is 1. The molecule has 0 amide bonds. The van der Waals surface area contributed by atoms with Gasteiger partial charge in [-0.2, -0.15) is 0 Å². The number of halogens is 2. The van der Waals surface area contributed by atoms with E-state index in [2.05, 4.69) is 42.2 Å². The summed E-state index contributed by atoms with van der Waals surface area (Å²) in [6, 6.07) is 14.6. The first-order chi connectivity index (χ1) is 12.1. The van der Waals surface area contributed by atoms with Gasteiger partial charge in [0.1, 0.15) is 5.75 Å². The number of nitrogens with zero attached hydrogens (tertiary/aromatic N) is 1. The molecule has 2 aromatic rings. The van der Waals surface area contributed by atoms with Gasteiger partial charge in [-0.3, -0.25) is 4.90 Å². The monoisotopic (exact) mass is 431 g/mol. The summed E-state index contributed by atoms with van der Waals surface area (Å²) in [7, 11) is 10.3. The third-order valence-corrected chi connectivity index (χ3v) is 5.71. The van der Waals surface area contributed by atoms with E-state index in [4.69, 9.17) is 18.6 Å². The molecular formula is C19H24Cl2NOPTi. The maximum atomic E-state index is 10.1. The number of hydrogen-bond donors (Lipinski definition) is 1. The van der Waals surface area contributed by atoms with Crippen molar-refractivity contribution in [1.82, 2.24) is 4.90 Å². The van der Waals surface area contributed by atoms with E-state index < -0.39 is 17.0 Å². The van der Waals surface area contributed by atoms with Crippen LogP contribution < -0.4 is 10.6 Å². The third-order valence-electron chi connectivity index (χ3n) is 4.28. The van der Waals surface area contributed by atoms with Gasteiger partial charge in [-0.15, -0.1) is 0 Å². The molecule has 2 nitrogen and oxygen atoms in total. The quantitative estimate of drug-likeness (QED) is 0.560. The maximum absolute atomic E-state index is 10.1. The molecule has 0 saturated carbocycles. The second kappa shape index (κ2) is 11.6. The molecule has 1 fully saturated rings. The molecule has 1 aliphatic rings. The number of likely N-dealkylation sites (tertiary alicyclic amines) is 1. The van der Waals surface area contributed by atoms with Crippen LogP contribution in [0.3, 0.4) is 0 Å². The van der Waals surface area contributed by atoms with E-state index in [-0.39, 0.29) is 0 Å². The van der Waals surface area contributed by atoms with E-state index in [1.54, 1.807) is 0 Å². The van der Waals surface area contributed by atoms with Crippen LogP contribution in [0.15, 0.2) is 42.5 Å².